The molecule has 0 aliphatic carbocycles. The average molecular weight is 311 g/mol. The quantitative estimate of drug-likeness (QED) is 0.687. The molecule has 1 saturated heterocycles. The van der Waals surface area contributed by atoms with Crippen molar-refractivity contribution in [1.29, 1.82) is 0 Å². The second-order valence-corrected chi connectivity index (χ2v) is 5.41. The fourth-order valence-electron chi connectivity index (χ4n) is 2.52. The van der Waals surface area contributed by atoms with Crippen LogP contribution in [0.3, 0.4) is 0 Å². The van der Waals surface area contributed by atoms with Crippen molar-refractivity contribution >= 4 is 29.2 Å². The molecule has 1 aromatic rings. The van der Waals surface area contributed by atoms with Crippen molar-refractivity contribution in [2.75, 3.05) is 18.9 Å². The van der Waals surface area contributed by atoms with Crippen molar-refractivity contribution < 1.29 is 14.3 Å². The average Bonchev–Trinajstić information content (AvgIpc) is 2.49. The van der Waals surface area contributed by atoms with Crippen molar-refractivity contribution in [3.63, 3.8) is 0 Å². The van der Waals surface area contributed by atoms with Gasteiger partial charge in [0.25, 0.3) is 5.91 Å². The maximum absolute atomic E-state index is 12.7. The second kappa shape index (κ2) is 6.80. The van der Waals surface area contributed by atoms with Crippen LogP contribution in [0, 0.1) is 0 Å². The van der Waals surface area contributed by atoms with Crippen LogP contribution >= 0.6 is 11.6 Å². The van der Waals surface area contributed by atoms with Gasteiger partial charge in [0.15, 0.2) is 0 Å². The number of benzene rings is 1. The topological polar surface area (TPSA) is 72.6 Å². The summed E-state index contributed by atoms with van der Waals surface area (Å²) in [6, 6.07) is 4.23. The fraction of sp³-hybridized carbons (Fsp3) is 0.467. The number of rotatable bonds is 3. The number of nitrogen functional groups attached to an aromatic ring is 1. The molecule has 1 amide bonds. The molecule has 0 spiro atoms. The minimum Gasteiger partial charge on any atom is -0.464 e. The number of carbonyl (C=O) groups excluding carboxylic acids is 2. The minimum atomic E-state index is -0.538. The molecule has 0 radical (unpaired) electrons. The zero-order valence-electron chi connectivity index (χ0n) is 12.0. The van der Waals surface area contributed by atoms with Gasteiger partial charge in [-0.1, -0.05) is 11.6 Å². The molecule has 2 N–H and O–H groups in total. The molecule has 1 unspecified atom stereocenters. The van der Waals surface area contributed by atoms with Crippen molar-refractivity contribution in [2.45, 2.75) is 32.2 Å². The van der Waals surface area contributed by atoms with Gasteiger partial charge in [-0.15, -0.1) is 0 Å². The number of halogens is 1. The summed E-state index contributed by atoms with van der Waals surface area (Å²) in [5, 5.41) is 0.336. The molecule has 5 nitrogen and oxygen atoms in total. The summed E-state index contributed by atoms with van der Waals surface area (Å²) in [6.07, 6.45) is 2.38. The number of ether oxygens (including phenoxy) is 1. The first-order valence-electron chi connectivity index (χ1n) is 7.07. The lowest BCUT2D eigenvalue weighted by molar-refractivity contribution is -0.149. The minimum absolute atomic E-state index is 0.273. The Kier molecular flexibility index (Phi) is 5.07. The normalized spacial score (nSPS) is 18.4. The Hall–Kier alpha value is -1.75. The van der Waals surface area contributed by atoms with E-state index in [1.165, 1.54) is 0 Å². The van der Waals surface area contributed by atoms with Gasteiger partial charge in [-0.2, -0.15) is 0 Å². The van der Waals surface area contributed by atoms with Crippen molar-refractivity contribution in [2.24, 2.45) is 0 Å². The molecular formula is C15H19ClN2O3. The number of esters is 1. The summed E-state index contributed by atoms with van der Waals surface area (Å²) in [7, 11) is 0. The third-order valence-electron chi connectivity index (χ3n) is 3.54. The van der Waals surface area contributed by atoms with E-state index in [-0.39, 0.29) is 11.9 Å². The summed E-state index contributed by atoms with van der Waals surface area (Å²) in [6.45, 7) is 2.57. The Bertz CT molecular complexity index is 548. The van der Waals surface area contributed by atoms with E-state index in [0.717, 1.165) is 12.8 Å². The smallest absolute Gasteiger partial charge is 0.328 e. The molecule has 0 bridgehead atoms. The molecule has 114 valence electrons. The zero-order valence-corrected chi connectivity index (χ0v) is 12.7. The summed E-state index contributed by atoms with van der Waals surface area (Å²) in [4.78, 5) is 26.2. The van der Waals surface area contributed by atoms with E-state index in [4.69, 9.17) is 22.1 Å². The predicted molar refractivity (Wildman–Crippen MR) is 81.2 cm³/mol. The molecule has 1 aromatic carbocycles. The standard InChI is InChI=1S/C15H19ClN2O3/c1-2-21-15(20)13-5-3-4-8-18(13)14(19)11-9-10(17)6-7-12(11)16/h6-7,9,13H,2-5,8,17H2,1H3. The number of likely N-dealkylation sites (tertiary alicyclic amines) is 1. The van der Waals surface area contributed by atoms with Crippen molar-refractivity contribution in [3.8, 4) is 0 Å². The number of piperidine rings is 1. The van der Waals surface area contributed by atoms with E-state index in [1.807, 2.05) is 0 Å². The molecule has 1 fully saturated rings. The van der Waals surface area contributed by atoms with Crippen LogP contribution in [0.2, 0.25) is 5.02 Å². The number of nitrogens with two attached hydrogens (primary N) is 1. The number of hydrogen-bond acceptors (Lipinski definition) is 4. The molecular weight excluding hydrogens is 292 g/mol. The Morgan fingerprint density at radius 3 is 2.90 bits per heavy atom. The van der Waals surface area contributed by atoms with E-state index >= 15 is 0 Å². The Morgan fingerprint density at radius 1 is 1.43 bits per heavy atom. The molecule has 1 atom stereocenters. The molecule has 1 aliphatic rings. The lowest BCUT2D eigenvalue weighted by Gasteiger charge is -2.34. The first-order chi connectivity index (χ1) is 10.0. The highest BCUT2D eigenvalue weighted by molar-refractivity contribution is 6.34. The van der Waals surface area contributed by atoms with E-state index < -0.39 is 6.04 Å². The van der Waals surface area contributed by atoms with Gasteiger partial charge in [0, 0.05) is 12.2 Å². The third kappa shape index (κ3) is 3.47. The SMILES string of the molecule is CCOC(=O)C1CCCCN1C(=O)c1cc(N)ccc1Cl. The van der Waals surface area contributed by atoms with Crippen molar-refractivity contribution in [1.82, 2.24) is 4.90 Å². The third-order valence-corrected chi connectivity index (χ3v) is 3.87. The molecule has 0 saturated carbocycles. The van der Waals surface area contributed by atoms with Gasteiger partial charge in [0.1, 0.15) is 6.04 Å². The molecule has 1 heterocycles. The van der Waals surface area contributed by atoms with Crippen molar-refractivity contribution in [3.05, 3.63) is 28.8 Å². The highest BCUT2D eigenvalue weighted by Crippen LogP contribution is 2.25. The highest BCUT2D eigenvalue weighted by atomic mass is 35.5. The van der Waals surface area contributed by atoms with Crippen LogP contribution in [-0.4, -0.2) is 36.0 Å². The van der Waals surface area contributed by atoms with E-state index in [9.17, 15) is 9.59 Å². The van der Waals surface area contributed by atoms with Gasteiger partial charge in [0.05, 0.1) is 17.2 Å². The monoisotopic (exact) mass is 310 g/mol. The summed E-state index contributed by atoms with van der Waals surface area (Å²) < 4.78 is 5.06. The number of hydrogen-bond donors (Lipinski definition) is 1. The second-order valence-electron chi connectivity index (χ2n) is 5.00. The van der Waals surface area contributed by atoms with Crippen LogP contribution in [0.1, 0.15) is 36.5 Å². The lowest BCUT2D eigenvalue weighted by atomic mass is 10.0. The Labute approximate surface area is 129 Å². The van der Waals surface area contributed by atoms with Crippen LogP contribution in [0.25, 0.3) is 0 Å². The maximum Gasteiger partial charge on any atom is 0.328 e. The van der Waals surface area contributed by atoms with E-state index in [2.05, 4.69) is 0 Å². The van der Waals surface area contributed by atoms with Crippen LogP contribution < -0.4 is 5.73 Å². The molecule has 0 aromatic heterocycles. The summed E-state index contributed by atoms with van der Waals surface area (Å²) in [5.41, 5.74) is 6.51. The van der Waals surface area contributed by atoms with Gasteiger partial charge >= 0.3 is 5.97 Å². The largest absolute Gasteiger partial charge is 0.464 e. The van der Waals surface area contributed by atoms with Gasteiger partial charge < -0.3 is 15.4 Å². The maximum atomic E-state index is 12.7. The molecule has 6 heteroatoms. The van der Waals surface area contributed by atoms with Crippen LogP contribution in [-0.2, 0) is 9.53 Å². The van der Waals surface area contributed by atoms with Gasteiger partial charge in [0.2, 0.25) is 0 Å². The first-order valence-corrected chi connectivity index (χ1v) is 7.45. The Balaban J connectivity index is 2.26. The van der Waals surface area contributed by atoms with E-state index in [0.29, 0.717) is 35.8 Å². The van der Waals surface area contributed by atoms with Gasteiger partial charge in [-0.3, -0.25) is 4.79 Å². The van der Waals surface area contributed by atoms with Crippen LogP contribution in [0.5, 0.6) is 0 Å². The molecule has 1 aliphatic heterocycles. The summed E-state index contributed by atoms with van der Waals surface area (Å²) in [5.74, 6) is -0.629. The van der Waals surface area contributed by atoms with Gasteiger partial charge in [-0.25, -0.2) is 4.79 Å². The molecule has 21 heavy (non-hydrogen) atoms. The predicted octanol–water partition coefficient (Wildman–Crippen LogP) is 2.48. The van der Waals surface area contributed by atoms with E-state index in [1.54, 1.807) is 30.0 Å². The van der Waals surface area contributed by atoms with Gasteiger partial charge in [-0.05, 0) is 44.4 Å². The number of nitrogens with zero attached hydrogens (tertiary/aromatic N) is 1. The van der Waals surface area contributed by atoms with Crippen LogP contribution in [0.15, 0.2) is 18.2 Å². The summed E-state index contributed by atoms with van der Waals surface area (Å²) >= 11 is 6.08. The fourth-order valence-corrected chi connectivity index (χ4v) is 2.72. The first kappa shape index (κ1) is 15.6. The van der Waals surface area contributed by atoms with Crippen LogP contribution in [0.4, 0.5) is 5.69 Å². The highest BCUT2D eigenvalue weighted by Gasteiger charge is 2.34. The number of anilines is 1. The number of carbonyl (C=O) groups is 2. The lowest BCUT2D eigenvalue weighted by Crippen LogP contribution is -2.48. The zero-order chi connectivity index (χ0) is 15.4. The molecule has 2 rings (SSSR count). The Morgan fingerprint density at radius 2 is 2.19 bits per heavy atom. The number of amides is 1.